The standard InChI is InChI=1S/C55H43NO/c1-55(2)49-31-30-44(56(42-28-25-39(26-29-42)36-15-6-3-7-16-36)43-22-14-21-40(33-43)37-17-8-4-9-18-37)35-47(49)52-53(55)46-24-13-12-23-45(46)51-48-34-41(38-19-10-5-11-20-38)27-32-50(48)57-54(51)52/h3-8,10-17,19-20,22-35,40H,9,18,21H2,1-2H3. The van der Waals surface area contributed by atoms with Crippen molar-refractivity contribution in [2.45, 2.75) is 38.5 Å². The van der Waals surface area contributed by atoms with Gasteiger partial charge in [0.25, 0.3) is 0 Å². The van der Waals surface area contributed by atoms with Gasteiger partial charge in [-0.1, -0.05) is 159 Å². The lowest BCUT2D eigenvalue weighted by Crippen LogP contribution is -2.19. The molecule has 0 N–H and O–H groups in total. The molecule has 2 heteroatoms. The molecule has 1 atom stereocenters. The molecule has 11 rings (SSSR count). The van der Waals surface area contributed by atoms with Crippen LogP contribution >= 0.6 is 0 Å². The van der Waals surface area contributed by atoms with Gasteiger partial charge < -0.3 is 9.32 Å². The molecule has 0 saturated heterocycles. The molecule has 0 saturated carbocycles. The van der Waals surface area contributed by atoms with Gasteiger partial charge in [-0.15, -0.1) is 0 Å². The van der Waals surface area contributed by atoms with E-state index in [9.17, 15) is 0 Å². The molecule has 0 fully saturated rings. The minimum absolute atomic E-state index is 0.233. The van der Waals surface area contributed by atoms with Crippen molar-refractivity contribution in [1.82, 2.24) is 0 Å². The van der Waals surface area contributed by atoms with Crippen LogP contribution in [-0.2, 0) is 5.41 Å². The second-order valence-electron chi connectivity index (χ2n) is 16.3. The van der Waals surface area contributed by atoms with E-state index in [1.807, 2.05) is 0 Å². The van der Waals surface area contributed by atoms with E-state index < -0.39 is 0 Å². The Morgan fingerprint density at radius 3 is 2.07 bits per heavy atom. The third-order valence-electron chi connectivity index (χ3n) is 12.6. The number of allylic oxidation sites excluding steroid dienone is 7. The van der Waals surface area contributed by atoms with E-state index in [1.54, 1.807) is 0 Å². The van der Waals surface area contributed by atoms with Crippen molar-refractivity contribution in [2.75, 3.05) is 4.90 Å². The van der Waals surface area contributed by atoms with Crippen LogP contribution in [0, 0.1) is 5.92 Å². The molecule has 0 spiro atoms. The summed E-state index contributed by atoms with van der Waals surface area (Å²) >= 11 is 0. The van der Waals surface area contributed by atoms with Crippen LogP contribution < -0.4 is 4.90 Å². The highest BCUT2D eigenvalue weighted by atomic mass is 16.3. The fourth-order valence-electron chi connectivity index (χ4n) is 9.87. The fraction of sp³-hybridized carbons (Fsp3) is 0.127. The van der Waals surface area contributed by atoms with E-state index in [-0.39, 0.29) is 5.41 Å². The van der Waals surface area contributed by atoms with Crippen molar-refractivity contribution in [1.29, 1.82) is 0 Å². The lowest BCUT2D eigenvalue weighted by atomic mass is 9.79. The van der Waals surface area contributed by atoms with Crippen LogP contribution in [0.15, 0.2) is 198 Å². The number of nitrogens with zero attached hydrogens (tertiary/aromatic N) is 1. The van der Waals surface area contributed by atoms with Crippen LogP contribution in [0.5, 0.6) is 0 Å². The Morgan fingerprint density at radius 2 is 1.32 bits per heavy atom. The zero-order valence-electron chi connectivity index (χ0n) is 32.4. The first-order chi connectivity index (χ1) is 28.0. The first-order valence-corrected chi connectivity index (χ1v) is 20.3. The molecule has 1 aromatic heterocycles. The highest BCUT2D eigenvalue weighted by Crippen LogP contribution is 2.57. The average Bonchev–Trinajstić information content (AvgIpc) is 3.77. The zero-order valence-corrected chi connectivity index (χ0v) is 32.4. The molecule has 0 radical (unpaired) electrons. The largest absolute Gasteiger partial charge is 0.455 e. The van der Waals surface area contributed by atoms with E-state index in [1.165, 1.54) is 71.9 Å². The van der Waals surface area contributed by atoms with Gasteiger partial charge in [-0.05, 0) is 111 Å². The summed E-state index contributed by atoms with van der Waals surface area (Å²) in [4.78, 5) is 2.46. The van der Waals surface area contributed by atoms with Crippen LogP contribution in [0.25, 0.3) is 66.1 Å². The van der Waals surface area contributed by atoms with Gasteiger partial charge in [0.15, 0.2) is 0 Å². The summed E-state index contributed by atoms with van der Waals surface area (Å²) in [6, 6.07) is 53.2. The molecule has 1 heterocycles. The zero-order chi connectivity index (χ0) is 38.1. The maximum Gasteiger partial charge on any atom is 0.144 e. The lowest BCUT2D eigenvalue weighted by Gasteiger charge is -2.31. The molecule has 3 aliphatic carbocycles. The topological polar surface area (TPSA) is 16.4 Å². The van der Waals surface area contributed by atoms with Gasteiger partial charge in [-0.25, -0.2) is 0 Å². The number of fused-ring (bicyclic) bond motifs is 10. The Labute approximate surface area is 334 Å². The minimum Gasteiger partial charge on any atom is -0.455 e. The summed E-state index contributed by atoms with van der Waals surface area (Å²) < 4.78 is 7.03. The second kappa shape index (κ2) is 13.2. The molecule has 2 nitrogen and oxygen atoms in total. The molecule has 0 aliphatic heterocycles. The summed E-state index contributed by atoms with van der Waals surface area (Å²) in [5, 5.41) is 4.88. The molecule has 1 unspecified atom stereocenters. The Hall–Kier alpha value is -6.64. The smallest absolute Gasteiger partial charge is 0.144 e. The molecule has 57 heavy (non-hydrogen) atoms. The van der Waals surface area contributed by atoms with E-state index in [0.717, 1.165) is 47.2 Å². The Morgan fingerprint density at radius 1 is 0.632 bits per heavy atom. The molecule has 0 bridgehead atoms. The van der Waals surface area contributed by atoms with Gasteiger partial charge in [0.2, 0.25) is 0 Å². The van der Waals surface area contributed by atoms with Crippen LogP contribution in [0.4, 0.5) is 11.4 Å². The number of furan rings is 1. The van der Waals surface area contributed by atoms with Crippen molar-refractivity contribution in [2.24, 2.45) is 5.92 Å². The SMILES string of the molecule is CC1(C)c2ccc(N(C3=CC(C4=CC=CCC4)CC=C3)c3ccc(-c4ccccc4)cc3)cc2-c2c1c1ccccc1c1c2oc2ccc(-c3ccccc3)cc21. The van der Waals surface area contributed by atoms with Gasteiger partial charge >= 0.3 is 0 Å². The van der Waals surface area contributed by atoms with Gasteiger partial charge in [0, 0.05) is 44.7 Å². The predicted molar refractivity (Wildman–Crippen MR) is 240 cm³/mol. The van der Waals surface area contributed by atoms with Crippen LogP contribution in [0.2, 0.25) is 0 Å². The number of hydrogen-bond acceptors (Lipinski definition) is 2. The molecule has 0 amide bonds. The van der Waals surface area contributed by atoms with Gasteiger partial charge in [-0.3, -0.25) is 0 Å². The van der Waals surface area contributed by atoms with E-state index in [2.05, 4.69) is 201 Å². The van der Waals surface area contributed by atoms with Gasteiger partial charge in [0.1, 0.15) is 11.2 Å². The van der Waals surface area contributed by atoms with Crippen LogP contribution in [0.1, 0.15) is 44.2 Å². The highest BCUT2D eigenvalue weighted by molar-refractivity contribution is 6.25. The summed E-state index contributed by atoms with van der Waals surface area (Å²) in [5.41, 5.74) is 16.6. The maximum absolute atomic E-state index is 7.03. The monoisotopic (exact) mass is 733 g/mol. The fourth-order valence-corrected chi connectivity index (χ4v) is 9.87. The average molecular weight is 734 g/mol. The van der Waals surface area contributed by atoms with Gasteiger partial charge in [0.05, 0.1) is 0 Å². The van der Waals surface area contributed by atoms with Crippen LogP contribution in [-0.4, -0.2) is 0 Å². The Kier molecular flexibility index (Phi) is 7.83. The molecular formula is C55H43NO. The Bertz CT molecular complexity index is 2990. The number of rotatable bonds is 6. The number of hydrogen-bond donors (Lipinski definition) is 0. The van der Waals surface area contributed by atoms with Crippen molar-refractivity contribution in [3.8, 4) is 33.4 Å². The second-order valence-corrected chi connectivity index (χ2v) is 16.3. The van der Waals surface area contributed by atoms with Crippen molar-refractivity contribution < 1.29 is 4.42 Å². The molecule has 3 aliphatic rings. The molecule has 274 valence electrons. The molecular weight excluding hydrogens is 691 g/mol. The summed E-state index contributed by atoms with van der Waals surface area (Å²) in [5.74, 6) is 0.373. The molecule has 7 aromatic carbocycles. The van der Waals surface area contributed by atoms with Gasteiger partial charge in [-0.2, -0.15) is 0 Å². The summed E-state index contributed by atoms with van der Waals surface area (Å²) in [6.45, 7) is 4.77. The number of anilines is 2. The maximum atomic E-state index is 7.03. The third kappa shape index (κ3) is 5.46. The van der Waals surface area contributed by atoms with E-state index in [0.29, 0.717) is 5.92 Å². The Balaban J connectivity index is 1.13. The highest BCUT2D eigenvalue weighted by Gasteiger charge is 2.40. The summed E-state index contributed by atoms with van der Waals surface area (Å²) in [6.07, 6.45) is 17.3. The van der Waals surface area contributed by atoms with E-state index >= 15 is 0 Å². The lowest BCUT2D eigenvalue weighted by molar-refractivity contribution is 0.657. The van der Waals surface area contributed by atoms with Crippen LogP contribution in [0.3, 0.4) is 0 Å². The first kappa shape index (κ1) is 33.7. The van der Waals surface area contributed by atoms with Crippen molar-refractivity contribution in [3.05, 3.63) is 204 Å². The predicted octanol–water partition coefficient (Wildman–Crippen LogP) is 15.3. The minimum atomic E-state index is -0.233. The first-order valence-electron chi connectivity index (χ1n) is 20.3. The summed E-state index contributed by atoms with van der Waals surface area (Å²) in [7, 11) is 0. The van der Waals surface area contributed by atoms with E-state index in [4.69, 9.17) is 4.42 Å². The van der Waals surface area contributed by atoms with Crippen molar-refractivity contribution >= 4 is 44.1 Å². The molecule has 8 aromatic rings. The normalized spacial score (nSPS) is 16.8. The number of benzene rings is 7. The third-order valence-corrected chi connectivity index (χ3v) is 12.6. The van der Waals surface area contributed by atoms with Crippen molar-refractivity contribution in [3.63, 3.8) is 0 Å². The quantitative estimate of drug-likeness (QED) is 0.169.